The van der Waals surface area contributed by atoms with Crippen LogP contribution in [-0.2, 0) is 11.2 Å². The molecule has 21 heavy (non-hydrogen) atoms. The smallest absolute Gasteiger partial charge is 0.210 e. The Kier molecular flexibility index (Phi) is 4.99. The van der Waals surface area contributed by atoms with E-state index >= 15 is 0 Å². The quantitative estimate of drug-likeness (QED) is 0.824. The van der Waals surface area contributed by atoms with Crippen LogP contribution in [0.25, 0.3) is 0 Å². The van der Waals surface area contributed by atoms with E-state index in [0.717, 1.165) is 17.5 Å². The Morgan fingerprint density at radius 3 is 2.43 bits per heavy atom. The summed E-state index contributed by atoms with van der Waals surface area (Å²) in [6.07, 6.45) is 1.62. The monoisotopic (exact) mass is 283 g/mol. The van der Waals surface area contributed by atoms with Crippen LogP contribution in [0.15, 0.2) is 54.6 Å². The van der Waals surface area contributed by atoms with Crippen molar-refractivity contribution in [3.05, 3.63) is 65.7 Å². The van der Waals surface area contributed by atoms with Crippen LogP contribution in [0.4, 0.5) is 0 Å². The highest BCUT2D eigenvalue weighted by Crippen LogP contribution is 2.23. The molecule has 3 nitrogen and oxygen atoms in total. The summed E-state index contributed by atoms with van der Waals surface area (Å²) in [7, 11) is 0. The third-order valence-electron chi connectivity index (χ3n) is 3.80. The summed E-state index contributed by atoms with van der Waals surface area (Å²) >= 11 is 0. The lowest BCUT2D eigenvalue weighted by molar-refractivity contribution is -0.122. The van der Waals surface area contributed by atoms with Crippen LogP contribution >= 0.6 is 0 Å². The lowest BCUT2D eigenvalue weighted by atomic mass is 10.0. The van der Waals surface area contributed by atoms with Gasteiger partial charge in [-0.1, -0.05) is 42.5 Å². The number of benzene rings is 2. The van der Waals surface area contributed by atoms with Crippen LogP contribution in [-0.4, -0.2) is 22.5 Å². The van der Waals surface area contributed by atoms with Gasteiger partial charge in [-0.15, -0.1) is 0 Å². The number of phenolic OH excluding ortho intramolecular Hbond substituents is 1. The van der Waals surface area contributed by atoms with Crippen LogP contribution in [0, 0.1) is 0 Å². The lowest BCUT2D eigenvalue weighted by Crippen LogP contribution is -2.35. The predicted octanol–water partition coefficient (Wildman–Crippen LogP) is 3.54. The average molecular weight is 283 g/mol. The number of nitrogens with zero attached hydrogens (tertiary/aromatic N) is 1. The van der Waals surface area contributed by atoms with Crippen molar-refractivity contribution in [3.8, 4) is 5.75 Å². The fraction of sp³-hybridized carbons (Fsp3) is 0.278. The molecule has 1 N–H and O–H groups in total. The van der Waals surface area contributed by atoms with Gasteiger partial charge in [-0.3, -0.25) is 4.79 Å². The molecule has 2 aromatic rings. The Bertz CT molecular complexity index is 583. The minimum Gasteiger partial charge on any atom is -0.508 e. The number of hydrogen-bond donors (Lipinski definition) is 1. The van der Waals surface area contributed by atoms with E-state index in [1.165, 1.54) is 0 Å². The minimum absolute atomic E-state index is 0.0241. The number of rotatable bonds is 6. The molecule has 0 fully saturated rings. The maximum atomic E-state index is 11.5. The maximum absolute atomic E-state index is 11.5. The van der Waals surface area contributed by atoms with Crippen LogP contribution < -0.4 is 0 Å². The SMILES string of the molecule is C[C@@H](Cc1cccc(O)c1)N(C=O)[C@@H](C)c1ccccc1. The van der Waals surface area contributed by atoms with Crippen molar-refractivity contribution in [2.24, 2.45) is 0 Å². The minimum atomic E-state index is 0.0241. The van der Waals surface area contributed by atoms with Crippen molar-refractivity contribution in [2.75, 3.05) is 0 Å². The van der Waals surface area contributed by atoms with E-state index in [4.69, 9.17) is 0 Å². The average Bonchev–Trinajstić information content (AvgIpc) is 2.48. The van der Waals surface area contributed by atoms with Gasteiger partial charge in [0.05, 0.1) is 6.04 Å². The molecular formula is C18H21NO2. The van der Waals surface area contributed by atoms with E-state index < -0.39 is 0 Å². The number of aromatic hydroxyl groups is 1. The Balaban J connectivity index is 2.11. The van der Waals surface area contributed by atoms with Gasteiger partial charge in [0.2, 0.25) is 6.41 Å². The predicted molar refractivity (Wildman–Crippen MR) is 84.0 cm³/mol. The fourth-order valence-electron chi connectivity index (χ4n) is 2.61. The topological polar surface area (TPSA) is 40.5 Å². The summed E-state index contributed by atoms with van der Waals surface area (Å²) in [5.41, 5.74) is 2.14. The summed E-state index contributed by atoms with van der Waals surface area (Å²) in [5.74, 6) is 0.258. The first-order valence-corrected chi connectivity index (χ1v) is 7.17. The number of carbonyl (C=O) groups is 1. The molecule has 1 amide bonds. The number of phenols is 1. The molecule has 0 unspecified atom stereocenters. The summed E-state index contributed by atoms with van der Waals surface area (Å²) in [4.78, 5) is 13.3. The van der Waals surface area contributed by atoms with E-state index in [1.54, 1.807) is 12.1 Å². The normalized spacial score (nSPS) is 13.4. The first kappa shape index (κ1) is 15.1. The Morgan fingerprint density at radius 1 is 1.10 bits per heavy atom. The molecule has 2 rings (SSSR count). The summed E-state index contributed by atoms with van der Waals surface area (Å²) in [6.45, 7) is 4.06. The van der Waals surface area contributed by atoms with Crippen molar-refractivity contribution in [2.45, 2.75) is 32.4 Å². The van der Waals surface area contributed by atoms with E-state index in [1.807, 2.05) is 61.2 Å². The van der Waals surface area contributed by atoms with Gasteiger partial charge in [0.25, 0.3) is 0 Å². The summed E-state index contributed by atoms with van der Waals surface area (Å²) in [6, 6.07) is 17.3. The highest BCUT2D eigenvalue weighted by molar-refractivity contribution is 5.49. The van der Waals surface area contributed by atoms with E-state index in [-0.39, 0.29) is 17.8 Å². The van der Waals surface area contributed by atoms with Crippen LogP contribution in [0.2, 0.25) is 0 Å². The Labute approximate surface area is 125 Å². The highest BCUT2D eigenvalue weighted by atomic mass is 16.3. The standard InChI is InChI=1S/C18H21NO2/c1-14(11-16-7-6-10-18(21)12-16)19(13-20)15(2)17-8-4-3-5-9-17/h3-10,12-15,21H,11H2,1-2H3/t14-,15-/m0/s1. The van der Waals surface area contributed by atoms with Gasteiger partial charge < -0.3 is 10.0 Å². The van der Waals surface area contributed by atoms with Crippen molar-refractivity contribution in [3.63, 3.8) is 0 Å². The molecule has 3 heteroatoms. The van der Waals surface area contributed by atoms with E-state index in [2.05, 4.69) is 0 Å². The van der Waals surface area contributed by atoms with Gasteiger partial charge in [-0.2, -0.15) is 0 Å². The van der Waals surface area contributed by atoms with Crippen molar-refractivity contribution in [1.82, 2.24) is 4.90 Å². The van der Waals surface area contributed by atoms with Gasteiger partial charge in [0.1, 0.15) is 5.75 Å². The summed E-state index contributed by atoms with van der Waals surface area (Å²) < 4.78 is 0. The first-order chi connectivity index (χ1) is 10.1. The molecule has 0 aromatic heterocycles. The van der Waals surface area contributed by atoms with Gasteiger partial charge >= 0.3 is 0 Å². The second kappa shape index (κ2) is 6.93. The largest absolute Gasteiger partial charge is 0.508 e. The zero-order valence-electron chi connectivity index (χ0n) is 12.4. The molecule has 0 saturated heterocycles. The van der Waals surface area contributed by atoms with Crippen molar-refractivity contribution < 1.29 is 9.90 Å². The second-order valence-corrected chi connectivity index (χ2v) is 5.36. The molecule has 0 aliphatic heterocycles. The molecule has 0 radical (unpaired) electrons. The Hall–Kier alpha value is -2.29. The Morgan fingerprint density at radius 2 is 1.81 bits per heavy atom. The van der Waals surface area contributed by atoms with Crippen LogP contribution in [0.3, 0.4) is 0 Å². The van der Waals surface area contributed by atoms with E-state index in [9.17, 15) is 9.90 Å². The molecular weight excluding hydrogens is 262 g/mol. The molecule has 0 aliphatic rings. The fourth-order valence-corrected chi connectivity index (χ4v) is 2.61. The number of carbonyl (C=O) groups excluding carboxylic acids is 1. The molecule has 0 bridgehead atoms. The van der Waals surface area contributed by atoms with Gasteiger partial charge in [0, 0.05) is 6.04 Å². The highest BCUT2D eigenvalue weighted by Gasteiger charge is 2.19. The molecule has 2 atom stereocenters. The number of hydrogen-bond acceptors (Lipinski definition) is 2. The lowest BCUT2D eigenvalue weighted by Gasteiger charge is -2.31. The zero-order chi connectivity index (χ0) is 15.2. The molecule has 2 aromatic carbocycles. The molecule has 110 valence electrons. The van der Waals surface area contributed by atoms with Gasteiger partial charge in [0.15, 0.2) is 0 Å². The second-order valence-electron chi connectivity index (χ2n) is 5.36. The van der Waals surface area contributed by atoms with Crippen molar-refractivity contribution >= 4 is 6.41 Å². The van der Waals surface area contributed by atoms with E-state index in [0.29, 0.717) is 6.42 Å². The third kappa shape index (κ3) is 3.85. The van der Waals surface area contributed by atoms with Crippen LogP contribution in [0.1, 0.15) is 31.0 Å². The molecule has 0 aliphatic carbocycles. The van der Waals surface area contributed by atoms with Crippen molar-refractivity contribution in [1.29, 1.82) is 0 Å². The summed E-state index contributed by atoms with van der Waals surface area (Å²) in [5, 5.41) is 9.53. The van der Waals surface area contributed by atoms with Gasteiger partial charge in [-0.25, -0.2) is 0 Å². The maximum Gasteiger partial charge on any atom is 0.210 e. The molecule has 0 saturated carbocycles. The molecule has 0 heterocycles. The number of amides is 1. The molecule has 0 spiro atoms. The first-order valence-electron chi connectivity index (χ1n) is 7.17. The van der Waals surface area contributed by atoms with Gasteiger partial charge in [-0.05, 0) is 43.5 Å². The third-order valence-corrected chi connectivity index (χ3v) is 3.80. The zero-order valence-corrected chi connectivity index (χ0v) is 12.4. The van der Waals surface area contributed by atoms with Crippen LogP contribution in [0.5, 0.6) is 5.75 Å².